The number of carbonyl (C=O) groups is 1. The molecule has 0 rings (SSSR count). The zero-order valence-corrected chi connectivity index (χ0v) is 9.18. The normalized spacial score (nSPS) is 12.4. The second kappa shape index (κ2) is 5.29. The Bertz CT molecular complexity index is 318. The number of amides is 1. The average molecular weight is 258 g/mol. The fourth-order valence-electron chi connectivity index (χ4n) is 1.07. The molecule has 3 nitrogen and oxygen atoms in total. The summed E-state index contributed by atoms with van der Waals surface area (Å²) in [4.78, 5) is 11.4. The van der Waals surface area contributed by atoms with E-state index in [-0.39, 0.29) is 6.42 Å². The van der Waals surface area contributed by atoms with E-state index >= 15 is 0 Å². The Morgan fingerprint density at radius 3 is 2.06 bits per heavy atom. The molecule has 0 aliphatic rings. The molecule has 0 spiro atoms. The Labute approximate surface area is 94.8 Å². The Morgan fingerprint density at radius 1 is 1.29 bits per heavy atom. The summed E-state index contributed by atoms with van der Waals surface area (Å²) in [5.74, 6) is -7.75. The van der Waals surface area contributed by atoms with Gasteiger partial charge in [-0.25, -0.2) is 0 Å². The van der Waals surface area contributed by atoms with Crippen LogP contribution in [0.3, 0.4) is 0 Å². The highest BCUT2D eigenvalue weighted by molar-refractivity contribution is 5.84. The van der Waals surface area contributed by atoms with Gasteiger partial charge in [0.2, 0.25) is 0 Å². The van der Waals surface area contributed by atoms with E-state index in [9.17, 15) is 26.7 Å². The van der Waals surface area contributed by atoms with Gasteiger partial charge in [-0.3, -0.25) is 4.79 Å². The van der Waals surface area contributed by atoms with Crippen LogP contribution in [-0.4, -0.2) is 35.5 Å². The highest BCUT2D eigenvalue weighted by Crippen LogP contribution is 2.37. The van der Waals surface area contributed by atoms with E-state index < -0.39 is 30.6 Å². The van der Waals surface area contributed by atoms with Crippen molar-refractivity contribution in [1.29, 1.82) is 5.26 Å². The smallest absolute Gasteiger partial charge is 0.334 e. The molecule has 8 heteroatoms. The number of hydrogen-bond donors (Lipinski definition) is 0. The summed E-state index contributed by atoms with van der Waals surface area (Å²) in [6.45, 7) is 2.13. The van der Waals surface area contributed by atoms with Gasteiger partial charge in [-0.05, 0) is 13.8 Å². The predicted octanol–water partition coefficient (Wildman–Crippen LogP) is 2.33. The van der Waals surface area contributed by atoms with Gasteiger partial charge < -0.3 is 4.90 Å². The van der Waals surface area contributed by atoms with Crippen LogP contribution in [-0.2, 0) is 4.79 Å². The molecule has 0 radical (unpaired) electrons. The van der Waals surface area contributed by atoms with Crippen LogP contribution in [0.4, 0.5) is 22.0 Å². The highest BCUT2D eigenvalue weighted by atomic mass is 19.4. The summed E-state index contributed by atoms with van der Waals surface area (Å²) in [6.07, 6.45) is -6.23. The lowest BCUT2D eigenvalue weighted by atomic mass is 10.2. The molecule has 0 unspecified atom stereocenters. The summed E-state index contributed by atoms with van der Waals surface area (Å²) in [5.41, 5.74) is 0. The fourth-order valence-corrected chi connectivity index (χ4v) is 1.07. The Kier molecular flexibility index (Phi) is 4.86. The third-order valence-electron chi connectivity index (χ3n) is 1.97. The van der Waals surface area contributed by atoms with Crippen LogP contribution in [0.15, 0.2) is 0 Å². The van der Waals surface area contributed by atoms with Gasteiger partial charge in [0.05, 0.1) is 12.5 Å². The Hall–Kier alpha value is -1.39. The van der Waals surface area contributed by atoms with E-state index in [1.807, 2.05) is 0 Å². The maximum atomic E-state index is 12.8. The topological polar surface area (TPSA) is 44.1 Å². The van der Waals surface area contributed by atoms with Gasteiger partial charge in [-0.2, -0.15) is 27.2 Å². The lowest BCUT2D eigenvalue weighted by molar-refractivity contribution is -0.275. The van der Waals surface area contributed by atoms with Crippen molar-refractivity contribution in [2.24, 2.45) is 0 Å². The average Bonchev–Trinajstić information content (AvgIpc) is 2.15. The minimum atomic E-state index is -5.93. The molecule has 0 aromatic heterocycles. The monoisotopic (exact) mass is 258 g/mol. The van der Waals surface area contributed by atoms with Crippen molar-refractivity contribution in [2.75, 3.05) is 6.54 Å². The molecule has 17 heavy (non-hydrogen) atoms. The second-order valence-corrected chi connectivity index (χ2v) is 3.57. The first-order valence-electron chi connectivity index (χ1n) is 4.68. The number of halogens is 5. The molecule has 0 aromatic carbocycles. The van der Waals surface area contributed by atoms with Gasteiger partial charge in [0.1, 0.15) is 0 Å². The number of hydrogen-bond acceptors (Lipinski definition) is 2. The van der Waals surface area contributed by atoms with Crippen LogP contribution in [0.2, 0.25) is 0 Å². The first-order valence-corrected chi connectivity index (χ1v) is 4.68. The third-order valence-corrected chi connectivity index (χ3v) is 1.97. The maximum absolute atomic E-state index is 12.8. The van der Waals surface area contributed by atoms with Crippen LogP contribution < -0.4 is 0 Å². The fraction of sp³-hybridized carbons (Fsp3) is 0.778. The van der Waals surface area contributed by atoms with Crippen LogP contribution in [0.5, 0.6) is 0 Å². The van der Waals surface area contributed by atoms with E-state index in [2.05, 4.69) is 0 Å². The summed E-state index contributed by atoms with van der Waals surface area (Å²) in [6, 6.07) is 0.735. The first-order chi connectivity index (χ1) is 7.55. The zero-order valence-electron chi connectivity index (χ0n) is 9.18. The van der Waals surface area contributed by atoms with Gasteiger partial charge >= 0.3 is 18.0 Å². The highest BCUT2D eigenvalue weighted by Gasteiger charge is 2.64. The number of nitriles is 1. The number of nitrogens with zero attached hydrogens (tertiary/aromatic N) is 2. The second-order valence-electron chi connectivity index (χ2n) is 3.57. The SMILES string of the molecule is CC(C)N(CCC#N)C(=O)C(F)(F)C(F)(F)F. The van der Waals surface area contributed by atoms with Crippen molar-refractivity contribution in [3.8, 4) is 6.07 Å². The van der Waals surface area contributed by atoms with Crippen molar-refractivity contribution in [1.82, 2.24) is 4.90 Å². The Morgan fingerprint density at radius 2 is 1.76 bits per heavy atom. The van der Waals surface area contributed by atoms with Crippen molar-refractivity contribution in [2.45, 2.75) is 38.4 Å². The van der Waals surface area contributed by atoms with Gasteiger partial charge in [0, 0.05) is 12.6 Å². The summed E-state index contributed by atoms with van der Waals surface area (Å²) in [7, 11) is 0. The van der Waals surface area contributed by atoms with Crippen LogP contribution in [0.1, 0.15) is 20.3 Å². The molecule has 0 fully saturated rings. The van der Waals surface area contributed by atoms with Gasteiger partial charge in [-0.15, -0.1) is 0 Å². The van der Waals surface area contributed by atoms with E-state index in [0.717, 1.165) is 0 Å². The minimum absolute atomic E-state index is 0.308. The molecule has 0 saturated carbocycles. The molecular weight excluding hydrogens is 247 g/mol. The van der Waals surface area contributed by atoms with E-state index in [4.69, 9.17) is 5.26 Å². The Balaban J connectivity index is 5.04. The van der Waals surface area contributed by atoms with Crippen LogP contribution >= 0.6 is 0 Å². The lowest BCUT2D eigenvalue weighted by Crippen LogP contribution is -2.54. The molecule has 0 atom stereocenters. The summed E-state index contributed by atoms with van der Waals surface area (Å²) >= 11 is 0. The van der Waals surface area contributed by atoms with Crippen LogP contribution in [0.25, 0.3) is 0 Å². The van der Waals surface area contributed by atoms with Gasteiger partial charge in [0.15, 0.2) is 0 Å². The van der Waals surface area contributed by atoms with E-state index in [0.29, 0.717) is 4.90 Å². The third kappa shape index (κ3) is 3.54. The first kappa shape index (κ1) is 15.6. The largest absolute Gasteiger partial charge is 0.463 e. The molecule has 0 heterocycles. The van der Waals surface area contributed by atoms with E-state index in [1.54, 1.807) is 6.07 Å². The molecular formula is C9H11F5N2O. The number of carbonyl (C=O) groups excluding carboxylic acids is 1. The van der Waals surface area contributed by atoms with E-state index in [1.165, 1.54) is 13.8 Å². The van der Waals surface area contributed by atoms with Gasteiger partial charge in [0.25, 0.3) is 0 Å². The quantitative estimate of drug-likeness (QED) is 0.726. The van der Waals surface area contributed by atoms with Crippen molar-refractivity contribution >= 4 is 5.91 Å². The van der Waals surface area contributed by atoms with Gasteiger partial charge in [-0.1, -0.05) is 0 Å². The molecule has 0 N–H and O–H groups in total. The lowest BCUT2D eigenvalue weighted by Gasteiger charge is -2.30. The molecule has 0 saturated heterocycles. The molecule has 0 aliphatic heterocycles. The minimum Gasteiger partial charge on any atom is -0.334 e. The standard InChI is InChI=1S/C9H11F5N2O/c1-6(2)16(5-3-4-15)7(17)8(10,11)9(12,13)14/h6H,3,5H2,1-2H3. The maximum Gasteiger partial charge on any atom is 0.463 e. The van der Waals surface area contributed by atoms with Crippen molar-refractivity contribution in [3.05, 3.63) is 0 Å². The molecule has 0 aromatic rings. The van der Waals surface area contributed by atoms with Crippen molar-refractivity contribution < 1.29 is 26.7 Å². The van der Waals surface area contributed by atoms with Crippen molar-refractivity contribution in [3.63, 3.8) is 0 Å². The molecule has 1 amide bonds. The summed E-state index contributed by atoms with van der Waals surface area (Å²) < 4.78 is 61.4. The number of alkyl halides is 5. The van der Waals surface area contributed by atoms with Crippen LogP contribution in [0, 0.1) is 11.3 Å². The molecule has 0 aliphatic carbocycles. The predicted molar refractivity (Wildman–Crippen MR) is 48.1 cm³/mol. The zero-order chi connectivity index (χ0) is 13.9. The summed E-state index contributed by atoms with van der Waals surface area (Å²) in [5, 5.41) is 8.24. The molecule has 0 bridgehead atoms. The molecule has 98 valence electrons. The number of rotatable bonds is 4.